The quantitative estimate of drug-likeness (QED) is 0.184. The van der Waals surface area contributed by atoms with E-state index in [1.165, 1.54) is 55.2 Å². The molecule has 0 spiro atoms. The molecular formula is C47H31N3. The number of nitrogens with zero attached hydrogens (tertiary/aromatic N) is 3. The van der Waals surface area contributed by atoms with Crippen molar-refractivity contribution in [3.63, 3.8) is 0 Å². The third kappa shape index (κ3) is 4.48. The molecule has 0 aliphatic rings. The van der Waals surface area contributed by atoms with Crippen LogP contribution in [0.15, 0.2) is 188 Å². The van der Waals surface area contributed by atoms with Crippen molar-refractivity contribution in [1.82, 2.24) is 14.1 Å². The van der Waals surface area contributed by atoms with Gasteiger partial charge < -0.3 is 9.13 Å². The number of fused-ring (bicyclic) bond motifs is 6. The minimum Gasteiger partial charge on any atom is -0.309 e. The van der Waals surface area contributed by atoms with Crippen LogP contribution in [0.1, 0.15) is 0 Å². The van der Waals surface area contributed by atoms with Gasteiger partial charge in [0.1, 0.15) is 0 Å². The average molecular weight is 638 g/mol. The van der Waals surface area contributed by atoms with Crippen LogP contribution in [0.5, 0.6) is 0 Å². The van der Waals surface area contributed by atoms with Crippen molar-refractivity contribution in [2.24, 2.45) is 0 Å². The number of pyridine rings is 1. The van der Waals surface area contributed by atoms with Gasteiger partial charge in [-0.15, -0.1) is 0 Å². The van der Waals surface area contributed by atoms with Crippen LogP contribution in [-0.4, -0.2) is 14.1 Å². The third-order valence-corrected chi connectivity index (χ3v) is 9.95. The van der Waals surface area contributed by atoms with Crippen LogP contribution in [0.2, 0.25) is 0 Å². The Balaban J connectivity index is 1.17. The summed E-state index contributed by atoms with van der Waals surface area (Å²) < 4.78 is 4.76. The molecule has 0 N–H and O–H groups in total. The molecule has 0 amide bonds. The van der Waals surface area contributed by atoms with Crippen molar-refractivity contribution in [2.75, 3.05) is 0 Å². The highest BCUT2D eigenvalue weighted by Crippen LogP contribution is 2.41. The summed E-state index contributed by atoms with van der Waals surface area (Å²) in [5, 5.41) is 3.63. The Morgan fingerprint density at radius 2 is 0.900 bits per heavy atom. The van der Waals surface area contributed by atoms with Crippen LogP contribution in [0.25, 0.3) is 88.5 Å². The molecule has 0 aliphatic carbocycles. The second-order valence-electron chi connectivity index (χ2n) is 12.8. The zero-order chi connectivity index (χ0) is 33.0. The van der Waals surface area contributed by atoms with Crippen molar-refractivity contribution >= 4 is 43.7 Å². The Bertz CT molecular complexity index is 2860. The Kier molecular flexibility index (Phi) is 6.49. The van der Waals surface area contributed by atoms with Gasteiger partial charge in [0.2, 0.25) is 0 Å². The highest BCUT2D eigenvalue weighted by Gasteiger charge is 2.19. The smallest absolute Gasteiger partial charge is 0.0963 e. The molecule has 3 nitrogen and oxygen atoms in total. The van der Waals surface area contributed by atoms with Gasteiger partial charge >= 0.3 is 0 Å². The summed E-state index contributed by atoms with van der Waals surface area (Å²) in [7, 11) is 0. The first-order valence-corrected chi connectivity index (χ1v) is 17.1. The first-order chi connectivity index (χ1) is 24.8. The Hall–Kier alpha value is -6.71. The maximum absolute atomic E-state index is 4.94. The van der Waals surface area contributed by atoms with Crippen LogP contribution >= 0.6 is 0 Å². The van der Waals surface area contributed by atoms with Gasteiger partial charge in [0.15, 0.2) is 0 Å². The summed E-state index contributed by atoms with van der Waals surface area (Å²) in [5.74, 6) is 0. The molecule has 0 bridgehead atoms. The molecule has 0 aliphatic heterocycles. The first kappa shape index (κ1) is 28.3. The normalized spacial score (nSPS) is 11.6. The molecule has 50 heavy (non-hydrogen) atoms. The molecule has 7 aromatic carbocycles. The monoisotopic (exact) mass is 637 g/mol. The number of aromatic nitrogens is 3. The predicted octanol–water partition coefficient (Wildman–Crippen LogP) is 12.3. The molecule has 3 aromatic heterocycles. The van der Waals surface area contributed by atoms with Gasteiger partial charge in [-0.1, -0.05) is 121 Å². The van der Waals surface area contributed by atoms with Gasteiger partial charge in [0.25, 0.3) is 0 Å². The Morgan fingerprint density at radius 1 is 0.340 bits per heavy atom. The molecule has 0 fully saturated rings. The number of hydrogen-bond acceptors (Lipinski definition) is 1. The summed E-state index contributed by atoms with van der Waals surface area (Å²) in [4.78, 5) is 4.94. The standard InChI is InChI=1S/C47H31N3/c1-3-13-32(14-4-1)34-17-9-19-37(29-34)49-42-23-8-7-21-40(42)46-39(22-11-24-44(46)49)36-26-27-43-41(31-36)47-45(25-12-28-48-47)50(43)38-20-10-18-35(30-38)33-15-5-2-6-16-33/h1-31H. The van der Waals surface area contributed by atoms with Gasteiger partial charge in [-0.25, -0.2) is 0 Å². The predicted molar refractivity (Wildman–Crippen MR) is 209 cm³/mol. The number of para-hydroxylation sites is 1. The molecule has 10 aromatic rings. The van der Waals surface area contributed by atoms with E-state index in [1.807, 2.05) is 12.3 Å². The summed E-state index contributed by atoms with van der Waals surface area (Å²) in [5.41, 5.74) is 15.1. The highest BCUT2D eigenvalue weighted by atomic mass is 15.0. The molecule has 0 saturated carbocycles. The average Bonchev–Trinajstić information content (AvgIpc) is 3.71. The fourth-order valence-electron chi connectivity index (χ4n) is 7.73. The fraction of sp³-hybridized carbons (Fsp3) is 0. The summed E-state index contributed by atoms with van der Waals surface area (Å²) in [6.07, 6.45) is 1.90. The molecule has 10 rings (SSSR count). The lowest BCUT2D eigenvalue weighted by Gasteiger charge is -2.11. The van der Waals surface area contributed by atoms with Crippen molar-refractivity contribution < 1.29 is 0 Å². The van der Waals surface area contributed by atoms with Gasteiger partial charge in [0, 0.05) is 33.7 Å². The van der Waals surface area contributed by atoms with E-state index in [0.29, 0.717) is 0 Å². The lowest BCUT2D eigenvalue weighted by molar-refractivity contribution is 1.18. The summed E-state index contributed by atoms with van der Waals surface area (Å²) >= 11 is 0. The minimum atomic E-state index is 1.00. The van der Waals surface area contributed by atoms with E-state index in [4.69, 9.17) is 4.98 Å². The van der Waals surface area contributed by atoms with E-state index in [9.17, 15) is 0 Å². The summed E-state index contributed by atoms with van der Waals surface area (Å²) in [6.45, 7) is 0. The molecule has 0 radical (unpaired) electrons. The van der Waals surface area contributed by atoms with Gasteiger partial charge in [-0.05, 0) is 94.0 Å². The first-order valence-electron chi connectivity index (χ1n) is 17.1. The summed E-state index contributed by atoms with van der Waals surface area (Å²) in [6, 6.07) is 65.4. The lowest BCUT2D eigenvalue weighted by Crippen LogP contribution is -1.94. The SMILES string of the molecule is c1ccc(-c2cccc(-n3c4ccc(-c5cccc6c5c5ccccc5n6-c5cccc(-c6ccccc6)c5)cc4c4ncccc43)c2)cc1. The van der Waals surface area contributed by atoms with E-state index >= 15 is 0 Å². The maximum Gasteiger partial charge on any atom is 0.0963 e. The largest absolute Gasteiger partial charge is 0.309 e. The molecule has 3 heterocycles. The van der Waals surface area contributed by atoms with Gasteiger partial charge in [-0.2, -0.15) is 0 Å². The molecule has 0 unspecified atom stereocenters. The van der Waals surface area contributed by atoms with E-state index in [0.717, 1.165) is 33.3 Å². The van der Waals surface area contributed by atoms with E-state index in [-0.39, 0.29) is 0 Å². The molecule has 3 heteroatoms. The number of rotatable bonds is 5. The van der Waals surface area contributed by atoms with Crippen LogP contribution in [0.3, 0.4) is 0 Å². The van der Waals surface area contributed by atoms with Crippen molar-refractivity contribution in [2.45, 2.75) is 0 Å². The van der Waals surface area contributed by atoms with Crippen molar-refractivity contribution in [1.29, 1.82) is 0 Å². The number of benzene rings is 7. The minimum absolute atomic E-state index is 1.00. The number of hydrogen-bond donors (Lipinski definition) is 0. The zero-order valence-corrected chi connectivity index (χ0v) is 27.2. The van der Waals surface area contributed by atoms with E-state index < -0.39 is 0 Å². The van der Waals surface area contributed by atoms with Crippen molar-refractivity contribution in [3.05, 3.63) is 188 Å². The lowest BCUT2D eigenvalue weighted by atomic mass is 9.98. The van der Waals surface area contributed by atoms with E-state index in [2.05, 4.69) is 185 Å². The Morgan fingerprint density at radius 3 is 1.62 bits per heavy atom. The third-order valence-electron chi connectivity index (χ3n) is 9.95. The van der Waals surface area contributed by atoms with Gasteiger partial charge in [0.05, 0.1) is 27.6 Å². The molecule has 234 valence electrons. The second-order valence-corrected chi connectivity index (χ2v) is 12.8. The topological polar surface area (TPSA) is 22.8 Å². The van der Waals surface area contributed by atoms with Gasteiger partial charge in [-0.3, -0.25) is 4.98 Å². The molecular weight excluding hydrogens is 607 g/mol. The van der Waals surface area contributed by atoms with Crippen LogP contribution < -0.4 is 0 Å². The molecule has 0 atom stereocenters. The second kappa shape index (κ2) is 11.5. The van der Waals surface area contributed by atoms with E-state index in [1.54, 1.807) is 0 Å². The van der Waals surface area contributed by atoms with Crippen LogP contribution in [0.4, 0.5) is 0 Å². The fourth-order valence-corrected chi connectivity index (χ4v) is 7.73. The zero-order valence-electron chi connectivity index (χ0n) is 27.2. The molecule has 0 saturated heterocycles. The highest BCUT2D eigenvalue weighted by molar-refractivity contribution is 6.17. The van der Waals surface area contributed by atoms with Crippen LogP contribution in [0, 0.1) is 0 Å². The van der Waals surface area contributed by atoms with Crippen molar-refractivity contribution in [3.8, 4) is 44.8 Å². The maximum atomic E-state index is 4.94. The Labute approximate surface area is 290 Å². The van der Waals surface area contributed by atoms with Crippen LogP contribution in [-0.2, 0) is 0 Å².